The molecule has 30 heavy (non-hydrogen) atoms. The number of aryl methyl sites for hydroxylation is 1. The maximum Gasteiger partial charge on any atom is 0.260 e. The van der Waals surface area contributed by atoms with Gasteiger partial charge >= 0.3 is 0 Å². The van der Waals surface area contributed by atoms with Crippen LogP contribution in [0.4, 0.5) is 10.7 Å². The number of phenolic OH excluding ortho intramolecular Hbond substituents is 1. The Labute approximate surface area is 183 Å². The quantitative estimate of drug-likeness (QED) is 0.443. The fraction of sp³-hybridized carbons (Fsp3) is 0.217. The number of aromatic hydroxyl groups is 1. The largest absolute Gasteiger partial charge is 0.507 e. The number of benzene rings is 2. The second-order valence-electron chi connectivity index (χ2n) is 7.20. The standard InChI is InChI=1S/C23H21ClN2O3S/c24-14-10-12-15(13-11-14)25-22(29)20-17-7-2-1-3-9-19(17)30-23(20)26-21(28)16-6-4-5-8-18(16)27/h4-6,8,10-13,27H,1-3,7,9H2,(H,25,29)(H,26,28). The van der Waals surface area contributed by atoms with Crippen LogP contribution in [0.15, 0.2) is 48.5 Å². The number of rotatable bonds is 4. The van der Waals surface area contributed by atoms with Crippen molar-refractivity contribution in [2.24, 2.45) is 0 Å². The molecule has 3 aromatic rings. The lowest BCUT2D eigenvalue weighted by atomic mass is 10.0. The fourth-order valence-corrected chi connectivity index (χ4v) is 5.04. The number of halogens is 1. The Morgan fingerprint density at radius 1 is 0.900 bits per heavy atom. The lowest BCUT2D eigenvalue weighted by molar-refractivity contribution is 0.102. The highest BCUT2D eigenvalue weighted by molar-refractivity contribution is 7.17. The van der Waals surface area contributed by atoms with Crippen LogP contribution < -0.4 is 10.6 Å². The SMILES string of the molecule is O=C(Nc1sc2c(c1C(=O)Nc1ccc(Cl)cc1)CCCCC2)c1ccccc1O. The van der Waals surface area contributed by atoms with Crippen LogP contribution in [-0.2, 0) is 12.8 Å². The van der Waals surface area contributed by atoms with Gasteiger partial charge in [-0.3, -0.25) is 9.59 Å². The van der Waals surface area contributed by atoms with Crippen LogP contribution in [0.3, 0.4) is 0 Å². The Morgan fingerprint density at radius 2 is 1.63 bits per heavy atom. The van der Waals surface area contributed by atoms with Crippen molar-refractivity contribution >= 4 is 45.4 Å². The van der Waals surface area contributed by atoms with Crippen molar-refractivity contribution in [3.8, 4) is 5.75 Å². The molecule has 3 N–H and O–H groups in total. The van der Waals surface area contributed by atoms with Crippen molar-refractivity contribution in [2.75, 3.05) is 10.6 Å². The van der Waals surface area contributed by atoms with Gasteiger partial charge in [-0.05, 0) is 67.6 Å². The highest BCUT2D eigenvalue weighted by atomic mass is 35.5. The third kappa shape index (κ3) is 4.35. The first kappa shape index (κ1) is 20.4. The summed E-state index contributed by atoms with van der Waals surface area (Å²) in [5.74, 6) is -0.797. The van der Waals surface area contributed by atoms with Crippen molar-refractivity contribution in [1.29, 1.82) is 0 Å². The molecule has 154 valence electrons. The van der Waals surface area contributed by atoms with Gasteiger partial charge < -0.3 is 15.7 Å². The fourth-order valence-electron chi connectivity index (χ4n) is 3.63. The number of hydrogen-bond donors (Lipinski definition) is 3. The number of para-hydroxylation sites is 1. The first-order valence-electron chi connectivity index (χ1n) is 9.83. The van der Waals surface area contributed by atoms with E-state index in [1.807, 2.05) is 0 Å². The van der Waals surface area contributed by atoms with Crippen molar-refractivity contribution in [3.05, 3.63) is 75.1 Å². The van der Waals surface area contributed by atoms with Crippen LogP contribution >= 0.6 is 22.9 Å². The Balaban J connectivity index is 1.67. The minimum absolute atomic E-state index is 0.0970. The van der Waals surface area contributed by atoms with Gasteiger partial charge in [0.25, 0.3) is 11.8 Å². The molecule has 0 saturated carbocycles. The van der Waals surface area contributed by atoms with E-state index in [0.29, 0.717) is 21.3 Å². The highest BCUT2D eigenvalue weighted by Crippen LogP contribution is 2.38. The summed E-state index contributed by atoms with van der Waals surface area (Å²) < 4.78 is 0. The van der Waals surface area contributed by atoms with Gasteiger partial charge in [-0.2, -0.15) is 0 Å². The van der Waals surface area contributed by atoms with Crippen LogP contribution in [0.25, 0.3) is 0 Å². The smallest absolute Gasteiger partial charge is 0.260 e. The number of thiophene rings is 1. The molecule has 0 aliphatic heterocycles. The van der Waals surface area contributed by atoms with Crippen LogP contribution in [0, 0.1) is 0 Å². The second kappa shape index (κ2) is 8.90. The first-order valence-corrected chi connectivity index (χ1v) is 11.0. The van der Waals surface area contributed by atoms with Gasteiger partial charge in [0.15, 0.2) is 0 Å². The van der Waals surface area contributed by atoms with Gasteiger partial charge in [0, 0.05) is 15.6 Å². The van der Waals surface area contributed by atoms with E-state index in [1.54, 1.807) is 42.5 Å². The van der Waals surface area contributed by atoms with Crippen LogP contribution in [0.1, 0.15) is 50.4 Å². The lowest BCUT2D eigenvalue weighted by Crippen LogP contribution is -2.18. The summed E-state index contributed by atoms with van der Waals surface area (Å²) in [6.45, 7) is 0. The summed E-state index contributed by atoms with van der Waals surface area (Å²) in [5, 5.41) is 16.9. The molecule has 0 unspecified atom stereocenters. The molecule has 0 radical (unpaired) electrons. The predicted molar refractivity (Wildman–Crippen MR) is 121 cm³/mol. The second-order valence-corrected chi connectivity index (χ2v) is 8.74. The molecule has 1 heterocycles. The molecular formula is C23H21ClN2O3S. The monoisotopic (exact) mass is 440 g/mol. The summed E-state index contributed by atoms with van der Waals surface area (Å²) >= 11 is 7.39. The van der Waals surface area contributed by atoms with Gasteiger partial charge in [0.1, 0.15) is 10.8 Å². The summed E-state index contributed by atoms with van der Waals surface area (Å²) in [5.41, 5.74) is 2.33. The summed E-state index contributed by atoms with van der Waals surface area (Å²) in [6, 6.07) is 13.3. The number of amides is 2. The zero-order chi connectivity index (χ0) is 21.1. The molecular weight excluding hydrogens is 420 g/mol. The van der Waals surface area contributed by atoms with Crippen molar-refractivity contribution in [3.63, 3.8) is 0 Å². The van der Waals surface area contributed by atoms with Gasteiger partial charge in [-0.25, -0.2) is 0 Å². The summed E-state index contributed by atoms with van der Waals surface area (Å²) in [4.78, 5) is 27.1. The zero-order valence-electron chi connectivity index (χ0n) is 16.2. The van der Waals surface area contributed by atoms with Crippen molar-refractivity contribution < 1.29 is 14.7 Å². The summed E-state index contributed by atoms with van der Waals surface area (Å²) in [6.07, 6.45) is 4.91. The van der Waals surface area contributed by atoms with Crippen LogP contribution in [-0.4, -0.2) is 16.9 Å². The van der Waals surface area contributed by atoms with Gasteiger partial charge in [-0.15, -0.1) is 11.3 Å². The van der Waals surface area contributed by atoms with E-state index >= 15 is 0 Å². The van der Waals surface area contributed by atoms with E-state index in [2.05, 4.69) is 10.6 Å². The number of phenols is 1. The maximum atomic E-state index is 13.2. The van der Waals surface area contributed by atoms with Crippen LogP contribution in [0.2, 0.25) is 5.02 Å². The minimum atomic E-state index is -0.440. The number of fused-ring (bicyclic) bond motifs is 1. The molecule has 2 amide bonds. The molecule has 0 spiro atoms. The lowest BCUT2D eigenvalue weighted by Gasteiger charge is -2.11. The third-order valence-corrected chi connectivity index (χ3v) is 6.59. The summed E-state index contributed by atoms with van der Waals surface area (Å²) in [7, 11) is 0. The van der Waals surface area contributed by atoms with Crippen molar-refractivity contribution in [2.45, 2.75) is 32.1 Å². The van der Waals surface area contributed by atoms with E-state index < -0.39 is 5.91 Å². The Hall–Kier alpha value is -2.83. The molecule has 1 aromatic heterocycles. The normalized spacial score (nSPS) is 13.2. The highest BCUT2D eigenvalue weighted by Gasteiger charge is 2.26. The molecule has 5 nitrogen and oxygen atoms in total. The van der Waals surface area contributed by atoms with Gasteiger partial charge in [0.2, 0.25) is 0 Å². The predicted octanol–water partition coefficient (Wildman–Crippen LogP) is 5.88. The average molecular weight is 441 g/mol. The van der Waals surface area contributed by atoms with E-state index in [1.165, 1.54) is 17.4 Å². The Bertz CT molecular complexity index is 1090. The number of carbonyl (C=O) groups is 2. The molecule has 2 aromatic carbocycles. The molecule has 7 heteroatoms. The number of hydrogen-bond acceptors (Lipinski definition) is 4. The van der Waals surface area contributed by atoms with Gasteiger partial charge in [-0.1, -0.05) is 30.2 Å². The van der Waals surface area contributed by atoms with E-state index in [4.69, 9.17) is 11.6 Å². The van der Waals surface area contributed by atoms with E-state index in [-0.39, 0.29) is 17.2 Å². The Kier molecular flexibility index (Phi) is 6.06. The van der Waals surface area contributed by atoms with Gasteiger partial charge in [0.05, 0.1) is 11.1 Å². The molecule has 0 bridgehead atoms. The molecule has 0 fully saturated rings. The molecule has 4 rings (SSSR count). The molecule has 0 atom stereocenters. The van der Waals surface area contributed by atoms with E-state index in [0.717, 1.165) is 42.5 Å². The molecule has 0 saturated heterocycles. The van der Waals surface area contributed by atoms with Crippen LogP contribution in [0.5, 0.6) is 5.75 Å². The maximum absolute atomic E-state index is 13.2. The van der Waals surface area contributed by atoms with Crippen molar-refractivity contribution in [1.82, 2.24) is 0 Å². The average Bonchev–Trinajstić information content (AvgIpc) is 2.90. The Morgan fingerprint density at radius 3 is 2.40 bits per heavy atom. The first-order chi connectivity index (χ1) is 14.5. The number of anilines is 2. The number of nitrogens with one attached hydrogen (secondary N) is 2. The number of carbonyl (C=O) groups excluding carboxylic acids is 2. The zero-order valence-corrected chi connectivity index (χ0v) is 17.8. The third-order valence-electron chi connectivity index (χ3n) is 5.13. The minimum Gasteiger partial charge on any atom is -0.507 e. The molecule has 1 aliphatic carbocycles. The molecule has 1 aliphatic rings. The topological polar surface area (TPSA) is 78.4 Å². The van der Waals surface area contributed by atoms with E-state index in [9.17, 15) is 14.7 Å².